The minimum absolute atomic E-state index is 0.348. The van der Waals surface area contributed by atoms with Crippen LogP contribution in [0.4, 0.5) is 10.5 Å². The lowest BCUT2D eigenvalue weighted by atomic mass is 9.98. The number of carbonyl (C=O) groups excluding carboxylic acids is 2. The van der Waals surface area contributed by atoms with Crippen LogP contribution in [0, 0.1) is 0 Å². The van der Waals surface area contributed by atoms with Crippen LogP contribution in [0.2, 0.25) is 0 Å². The zero-order valence-corrected chi connectivity index (χ0v) is 18.7. The van der Waals surface area contributed by atoms with E-state index in [-0.39, 0.29) is 11.1 Å². The van der Waals surface area contributed by atoms with E-state index in [0.29, 0.717) is 10.6 Å². The predicted octanol–water partition coefficient (Wildman–Crippen LogP) is 4.37. The largest absolute Gasteiger partial charge is 0.369 e. The van der Waals surface area contributed by atoms with E-state index >= 15 is 0 Å². The highest BCUT2D eigenvalue weighted by atomic mass is 32.2. The fourth-order valence-electron chi connectivity index (χ4n) is 4.25. The fourth-order valence-corrected chi connectivity index (χ4v) is 4.91. The van der Waals surface area contributed by atoms with Crippen LogP contribution >= 0.6 is 11.8 Å². The van der Waals surface area contributed by atoms with Crippen LogP contribution < -0.4 is 10.2 Å². The molecule has 0 spiro atoms. The summed E-state index contributed by atoms with van der Waals surface area (Å²) >= 11 is 0.905. The third kappa shape index (κ3) is 4.13. The first-order valence-electron chi connectivity index (χ1n) is 10.8. The Morgan fingerprint density at radius 1 is 1.06 bits per heavy atom. The van der Waals surface area contributed by atoms with Gasteiger partial charge in [-0.2, -0.15) is 0 Å². The molecule has 3 heterocycles. The highest BCUT2D eigenvalue weighted by molar-refractivity contribution is 8.18. The van der Waals surface area contributed by atoms with Crippen molar-refractivity contribution in [3.05, 3.63) is 65.3 Å². The smallest absolute Gasteiger partial charge is 0.290 e. The second-order valence-electron chi connectivity index (χ2n) is 7.96. The van der Waals surface area contributed by atoms with Crippen LogP contribution in [0.15, 0.2) is 59.6 Å². The highest BCUT2D eigenvalue weighted by Gasteiger charge is 2.25. The van der Waals surface area contributed by atoms with Gasteiger partial charge in [0.2, 0.25) is 0 Å². The van der Waals surface area contributed by atoms with Gasteiger partial charge in [0.15, 0.2) is 0 Å². The van der Waals surface area contributed by atoms with Gasteiger partial charge in [-0.25, -0.2) is 0 Å². The summed E-state index contributed by atoms with van der Waals surface area (Å²) in [6, 6.07) is 16.9. The van der Waals surface area contributed by atoms with Crippen molar-refractivity contribution in [2.24, 2.45) is 0 Å². The summed E-state index contributed by atoms with van der Waals surface area (Å²) in [5.74, 6) is -0.370. The SMILES string of the molecule is CCN1CCN(c2ccc(-c3cccc4cnc(C=C5SC(=O)NC5=O)cc34)cc2)CC1. The number of hydrogen-bond donors (Lipinski definition) is 1. The molecule has 0 unspecified atom stereocenters. The lowest BCUT2D eigenvalue weighted by Gasteiger charge is -2.35. The molecule has 2 aliphatic heterocycles. The van der Waals surface area contributed by atoms with Gasteiger partial charge in [-0.05, 0) is 59.1 Å². The summed E-state index contributed by atoms with van der Waals surface area (Å²) in [4.78, 5) is 33.1. The number of hydrogen-bond acceptors (Lipinski definition) is 6. The van der Waals surface area contributed by atoms with Crippen molar-refractivity contribution in [3.63, 3.8) is 0 Å². The normalized spacial score (nSPS) is 18.5. The third-order valence-corrected chi connectivity index (χ3v) is 6.88. The van der Waals surface area contributed by atoms with Crippen LogP contribution in [0.3, 0.4) is 0 Å². The number of thioether (sulfide) groups is 1. The molecule has 2 amide bonds. The Hall–Kier alpha value is -3.16. The predicted molar refractivity (Wildman–Crippen MR) is 131 cm³/mol. The second kappa shape index (κ2) is 8.76. The van der Waals surface area contributed by atoms with E-state index in [1.165, 1.54) is 5.69 Å². The molecule has 0 aliphatic carbocycles. The number of nitrogens with one attached hydrogen (secondary N) is 1. The Labute approximate surface area is 191 Å². The van der Waals surface area contributed by atoms with Gasteiger partial charge in [-0.3, -0.25) is 19.9 Å². The summed E-state index contributed by atoms with van der Waals surface area (Å²) in [6.45, 7) is 7.65. The van der Waals surface area contributed by atoms with Crippen molar-refractivity contribution in [3.8, 4) is 11.1 Å². The molecule has 0 radical (unpaired) electrons. The fraction of sp³-hybridized carbons (Fsp3) is 0.240. The van der Waals surface area contributed by atoms with Crippen molar-refractivity contribution in [1.82, 2.24) is 15.2 Å². The number of piperazine rings is 1. The Morgan fingerprint density at radius 2 is 1.84 bits per heavy atom. The van der Waals surface area contributed by atoms with Gasteiger partial charge in [-0.15, -0.1) is 0 Å². The van der Waals surface area contributed by atoms with E-state index in [2.05, 4.69) is 57.4 Å². The topological polar surface area (TPSA) is 65.5 Å². The monoisotopic (exact) mass is 444 g/mol. The molecule has 0 atom stereocenters. The van der Waals surface area contributed by atoms with Crippen LogP contribution in [0.1, 0.15) is 12.6 Å². The van der Waals surface area contributed by atoms with E-state index in [4.69, 9.17) is 0 Å². The summed E-state index contributed by atoms with van der Waals surface area (Å²) in [5.41, 5.74) is 4.17. The van der Waals surface area contributed by atoms with Crippen molar-refractivity contribution in [2.45, 2.75) is 6.92 Å². The summed E-state index contributed by atoms with van der Waals surface area (Å²) < 4.78 is 0. The molecule has 162 valence electrons. The molecule has 2 aliphatic rings. The van der Waals surface area contributed by atoms with Gasteiger partial charge in [0.05, 0.1) is 10.6 Å². The lowest BCUT2D eigenvalue weighted by molar-refractivity contribution is -0.115. The molecule has 0 bridgehead atoms. The molecule has 0 saturated carbocycles. The number of nitrogens with zero attached hydrogens (tertiary/aromatic N) is 3. The Kier molecular flexibility index (Phi) is 5.68. The van der Waals surface area contributed by atoms with E-state index in [0.717, 1.165) is 66.4 Å². The average Bonchev–Trinajstić information content (AvgIpc) is 3.15. The van der Waals surface area contributed by atoms with E-state index < -0.39 is 0 Å². The Morgan fingerprint density at radius 3 is 2.53 bits per heavy atom. The van der Waals surface area contributed by atoms with Gasteiger partial charge >= 0.3 is 0 Å². The number of aromatic nitrogens is 1. The quantitative estimate of drug-likeness (QED) is 0.603. The van der Waals surface area contributed by atoms with Crippen molar-refractivity contribution >= 4 is 45.4 Å². The molecule has 3 aromatic rings. The Balaban J connectivity index is 1.44. The number of amides is 2. The zero-order chi connectivity index (χ0) is 22.1. The highest BCUT2D eigenvalue weighted by Crippen LogP contribution is 2.32. The summed E-state index contributed by atoms with van der Waals surface area (Å²) in [6.07, 6.45) is 3.48. The minimum atomic E-state index is -0.370. The van der Waals surface area contributed by atoms with Crippen LogP contribution in [-0.4, -0.2) is 53.8 Å². The number of carbonyl (C=O) groups is 2. The number of rotatable bonds is 4. The first-order valence-corrected chi connectivity index (χ1v) is 11.6. The molecule has 6 nitrogen and oxygen atoms in total. The van der Waals surface area contributed by atoms with Crippen LogP contribution in [0.25, 0.3) is 28.0 Å². The average molecular weight is 445 g/mol. The molecule has 5 rings (SSSR count). The number of imide groups is 1. The van der Waals surface area contributed by atoms with Gasteiger partial charge in [0, 0.05) is 43.4 Å². The molecule has 1 aromatic heterocycles. The van der Waals surface area contributed by atoms with E-state index in [1.54, 1.807) is 6.08 Å². The molecular formula is C25H24N4O2S. The first kappa shape index (κ1) is 20.7. The number of pyridine rings is 1. The van der Waals surface area contributed by atoms with Crippen molar-refractivity contribution in [1.29, 1.82) is 0 Å². The molecule has 2 saturated heterocycles. The molecule has 2 fully saturated rings. The molecule has 32 heavy (non-hydrogen) atoms. The van der Waals surface area contributed by atoms with Crippen molar-refractivity contribution < 1.29 is 9.59 Å². The third-order valence-electron chi connectivity index (χ3n) is 6.07. The van der Waals surface area contributed by atoms with E-state index in [1.807, 2.05) is 24.4 Å². The number of benzene rings is 2. The van der Waals surface area contributed by atoms with Gasteiger partial charge < -0.3 is 9.80 Å². The number of fused-ring (bicyclic) bond motifs is 1. The van der Waals surface area contributed by atoms with Gasteiger partial charge in [0.1, 0.15) is 0 Å². The lowest BCUT2D eigenvalue weighted by Crippen LogP contribution is -2.46. The maximum atomic E-state index is 11.9. The van der Waals surface area contributed by atoms with Crippen LogP contribution in [-0.2, 0) is 4.79 Å². The number of anilines is 1. The molecular weight excluding hydrogens is 420 g/mol. The number of likely N-dealkylation sites (N-methyl/N-ethyl adjacent to an activating group) is 1. The Bertz CT molecular complexity index is 1210. The second-order valence-corrected chi connectivity index (χ2v) is 8.97. The first-order chi connectivity index (χ1) is 15.6. The molecule has 7 heteroatoms. The van der Waals surface area contributed by atoms with Gasteiger partial charge in [-0.1, -0.05) is 37.3 Å². The summed E-state index contributed by atoms with van der Waals surface area (Å²) in [5, 5.41) is 4.03. The molecule has 1 N–H and O–H groups in total. The van der Waals surface area contributed by atoms with E-state index in [9.17, 15) is 9.59 Å². The summed E-state index contributed by atoms with van der Waals surface area (Å²) in [7, 11) is 0. The van der Waals surface area contributed by atoms with Crippen LogP contribution in [0.5, 0.6) is 0 Å². The minimum Gasteiger partial charge on any atom is -0.369 e. The standard InChI is InChI=1S/C25H24N4O2S/c1-2-28-10-12-29(13-11-28)20-8-6-17(7-9-20)21-5-3-4-18-16-26-19(14-22(18)21)15-23-24(30)27-25(31)32-23/h3-9,14-16H,2,10-13H2,1H3,(H,27,30,31). The maximum absolute atomic E-state index is 11.9. The maximum Gasteiger partial charge on any atom is 0.290 e. The molecule has 2 aromatic carbocycles. The van der Waals surface area contributed by atoms with Gasteiger partial charge in [0.25, 0.3) is 11.1 Å². The van der Waals surface area contributed by atoms with Crippen molar-refractivity contribution in [2.75, 3.05) is 37.6 Å². The zero-order valence-electron chi connectivity index (χ0n) is 17.9.